The van der Waals surface area contributed by atoms with Crippen LogP contribution in [0.15, 0.2) is 42.5 Å². The van der Waals surface area contributed by atoms with Gasteiger partial charge in [0, 0.05) is 18.7 Å². The number of hydrogen-bond acceptors (Lipinski definition) is 4. The zero-order chi connectivity index (χ0) is 18.3. The van der Waals surface area contributed by atoms with E-state index in [2.05, 4.69) is 10.3 Å². The van der Waals surface area contributed by atoms with E-state index in [9.17, 15) is 14.0 Å². The summed E-state index contributed by atoms with van der Waals surface area (Å²) in [5.41, 5.74) is 1.78. The number of nitrogens with one attached hydrogen (secondary N) is 1. The second-order valence-corrected chi connectivity index (χ2v) is 7.50. The number of aryl methyl sites for hydroxylation is 1. The molecule has 2 heterocycles. The van der Waals surface area contributed by atoms with Gasteiger partial charge in [-0.05, 0) is 37.3 Å². The van der Waals surface area contributed by atoms with Gasteiger partial charge in [-0.1, -0.05) is 12.1 Å². The fourth-order valence-electron chi connectivity index (χ4n) is 3.15. The number of carbonyl (C=O) groups excluding carboxylic acids is 2. The summed E-state index contributed by atoms with van der Waals surface area (Å²) in [6.07, 6.45) is 0.0715. The van der Waals surface area contributed by atoms with E-state index in [1.165, 1.54) is 11.0 Å². The van der Waals surface area contributed by atoms with E-state index >= 15 is 0 Å². The van der Waals surface area contributed by atoms with Crippen LogP contribution in [-0.4, -0.2) is 23.3 Å². The number of carbonyl (C=O) groups is 2. The molecule has 1 N–H and O–H groups in total. The molecule has 26 heavy (non-hydrogen) atoms. The second kappa shape index (κ2) is 6.49. The van der Waals surface area contributed by atoms with E-state index in [1.807, 2.05) is 19.1 Å². The van der Waals surface area contributed by atoms with Gasteiger partial charge >= 0.3 is 0 Å². The molecular weight excluding hydrogens is 353 g/mol. The maximum Gasteiger partial charge on any atom is 0.229 e. The lowest BCUT2D eigenvalue weighted by Crippen LogP contribution is -2.28. The molecular formula is C19H16FN3O2S. The van der Waals surface area contributed by atoms with Crippen LogP contribution in [0.4, 0.5) is 15.8 Å². The lowest BCUT2D eigenvalue weighted by molar-refractivity contribution is -0.122. The summed E-state index contributed by atoms with van der Waals surface area (Å²) in [6, 6.07) is 11.6. The zero-order valence-corrected chi connectivity index (χ0v) is 14.8. The third-order valence-electron chi connectivity index (χ3n) is 4.40. The monoisotopic (exact) mass is 369 g/mol. The molecule has 5 nitrogen and oxygen atoms in total. The van der Waals surface area contributed by atoms with E-state index in [0.717, 1.165) is 15.2 Å². The lowest BCUT2D eigenvalue weighted by Gasteiger charge is -2.17. The molecule has 1 fully saturated rings. The standard InChI is InChI=1S/C19H16FN3O2S/c1-11-21-15-7-6-13(9-17(15)26-11)22-19(25)12-8-18(24)23(10-12)16-5-3-2-4-14(16)20/h2-7,9,12H,8,10H2,1H3,(H,22,25)/t12-/m0/s1. The van der Waals surface area contributed by atoms with Crippen molar-refractivity contribution in [3.8, 4) is 0 Å². The third kappa shape index (κ3) is 3.06. The van der Waals surface area contributed by atoms with Gasteiger partial charge in [0.2, 0.25) is 11.8 Å². The molecule has 0 radical (unpaired) electrons. The molecule has 2 amide bonds. The molecule has 7 heteroatoms. The number of hydrogen-bond donors (Lipinski definition) is 1. The van der Waals surface area contributed by atoms with Gasteiger partial charge in [-0.25, -0.2) is 9.37 Å². The van der Waals surface area contributed by atoms with Gasteiger partial charge in [0.05, 0.1) is 26.8 Å². The Morgan fingerprint density at radius 1 is 1.31 bits per heavy atom. The summed E-state index contributed by atoms with van der Waals surface area (Å²) in [6.45, 7) is 2.11. The Morgan fingerprint density at radius 2 is 2.12 bits per heavy atom. The Bertz CT molecular complexity index is 1020. The number of nitrogens with zero attached hydrogens (tertiary/aromatic N) is 2. The molecule has 1 aromatic heterocycles. The third-order valence-corrected chi connectivity index (χ3v) is 5.34. The van der Waals surface area contributed by atoms with Crippen molar-refractivity contribution >= 4 is 44.7 Å². The minimum Gasteiger partial charge on any atom is -0.326 e. The van der Waals surface area contributed by atoms with Crippen LogP contribution in [0.1, 0.15) is 11.4 Å². The summed E-state index contributed by atoms with van der Waals surface area (Å²) >= 11 is 1.56. The summed E-state index contributed by atoms with van der Waals surface area (Å²) in [4.78, 5) is 30.5. The van der Waals surface area contributed by atoms with Crippen molar-refractivity contribution in [2.24, 2.45) is 5.92 Å². The summed E-state index contributed by atoms with van der Waals surface area (Å²) in [5, 5.41) is 3.82. The normalized spacial score (nSPS) is 17.1. The minimum atomic E-state index is -0.513. The summed E-state index contributed by atoms with van der Waals surface area (Å²) in [5.74, 6) is -1.46. The first-order chi connectivity index (χ1) is 12.5. The highest BCUT2D eigenvalue weighted by Gasteiger charge is 2.36. The molecule has 1 aliphatic heterocycles. The number of amides is 2. The zero-order valence-electron chi connectivity index (χ0n) is 14.0. The number of rotatable bonds is 3. The molecule has 1 saturated heterocycles. The molecule has 0 aliphatic carbocycles. The average Bonchev–Trinajstić information content (AvgIpc) is 3.17. The van der Waals surface area contributed by atoms with Crippen molar-refractivity contribution in [2.45, 2.75) is 13.3 Å². The predicted octanol–water partition coefficient (Wildman–Crippen LogP) is 3.74. The number of fused-ring (bicyclic) bond motifs is 1. The van der Waals surface area contributed by atoms with Crippen LogP contribution in [0.3, 0.4) is 0 Å². The molecule has 1 atom stereocenters. The molecule has 0 unspecified atom stereocenters. The topological polar surface area (TPSA) is 62.3 Å². The number of anilines is 2. The minimum absolute atomic E-state index is 0.0715. The van der Waals surface area contributed by atoms with E-state index in [4.69, 9.17) is 0 Å². The van der Waals surface area contributed by atoms with Crippen molar-refractivity contribution in [1.29, 1.82) is 0 Å². The highest BCUT2D eigenvalue weighted by atomic mass is 32.1. The lowest BCUT2D eigenvalue weighted by atomic mass is 10.1. The maximum absolute atomic E-state index is 13.9. The van der Waals surface area contributed by atoms with Crippen molar-refractivity contribution < 1.29 is 14.0 Å². The largest absolute Gasteiger partial charge is 0.326 e. The maximum atomic E-state index is 13.9. The fraction of sp³-hybridized carbons (Fsp3) is 0.211. The Kier molecular flexibility index (Phi) is 4.16. The highest BCUT2D eigenvalue weighted by molar-refractivity contribution is 7.18. The molecule has 3 aromatic rings. The smallest absolute Gasteiger partial charge is 0.229 e. The molecule has 2 aromatic carbocycles. The van der Waals surface area contributed by atoms with E-state index in [1.54, 1.807) is 35.6 Å². The van der Waals surface area contributed by atoms with Crippen LogP contribution < -0.4 is 10.2 Å². The Hall–Kier alpha value is -2.80. The van der Waals surface area contributed by atoms with Crippen LogP contribution in [0.25, 0.3) is 10.2 Å². The molecule has 1 aliphatic rings. The number of benzene rings is 2. The van der Waals surface area contributed by atoms with Gasteiger partial charge in [-0.15, -0.1) is 11.3 Å². The second-order valence-electron chi connectivity index (χ2n) is 6.26. The molecule has 0 saturated carbocycles. The SMILES string of the molecule is Cc1nc2ccc(NC(=O)[C@H]3CC(=O)N(c4ccccc4F)C3)cc2s1. The van der Waals surface area contributed by atoms with Gasteiger partial charge in [0.15, 0.2) is 0 Å². The first kappa shape index (κ1) is 16.7. The van der Waals surface area contributed by atoms with E-state index in [-0.39, 0.29) is 30.5 Å². The van der Waals surface area contributed by atoms with E-state index < -0.39 is 11.7 Å². The van der Waals surface area contributed by atoms with Gasteiger partial charge in [-0.3, -0.25) is 9.59 Å². The van der Waals surface area contributed by atoms with E-state index in [0.29, 0.717) is 5.69 Å². The molecule has 132 valence electrons. The number of halogens is 1. The van der Waals surface area contributed by atoms with Gasteiger partial charge in [0.25, 0.3) is 0 Å². The number of para-hydroxylation sites is 1. The van der Waals surface area contributed by atoms with Crippen molar-refractivity contribution in [2.75, 3.05) is 16.8 Å². The van der Waals surface area contributed by atoms with Gasteiger partial charge in [0.1, 0.15) is 5.82 Å². The molecule has 0 bridgehead atoms. The van der Waals surface area contributed by atoms with Crippen molar-refractivity contribution in [1.82, 2.24) is 4.98 Å². The quantitative estimate of drug-likeness (QED) is 0.765. The number of aromatic nitrogens is 1. The first-order valence-electron chi connectivity index (χ1n) is 8.24. The van der Waals surface area contributed by atoms with Crippen LogP contribution >= 0.6 is 11.3 Å². The average molecular weight is 369 g/mol. The van der Waals surface area contributed by atoms with Crippen LogP contribution in [-0.2, 0) is 9.59 Å². The predicted molar refractivity (Wildman–Crippen MR) is 99.8 cm³/mol. The molecule has 4 rings (SSSR count). The summed E-state index contributed by atoms with van der Waals surface area (Å²) in [7, 11) is 0. The Labute approximate surface area is 153 Å². The molecule has 0 spiro atoms. The number of thiazole rings is 1. The van der Waals surface area contributed by atoms with Crippen molar-refractivity contribution in [3.05, 3.63) is 53.3 Å². The first-order valence-corrected chi connectivity index (χ1v) is 9.06. The fourth-order valence-corrected chi connectivity index (χ4v) is 4.01. The summed E-state index contributed by atoms with van der Waals surface area (Å²) < 4.78 is 14.9. The van der Waals surface area contributed by atoms with Gasteiger partial charge < -0.3 is 10.2 Å². The highest BCUT2D eigenvalue weighted by Crippen LogP contribution is 2.29. The Morgan fingerprint density at radius 3 is 2.92 bits per heavy atom. The van der Waals surface area contributed by atoms with Crippen LogP contribution in [0.5, 0.6) is 0 Å². The van der Waals surface area contributed by atoms with Crippen molar-refractivity contribution in [3.63, 3.8) is 0 Å². The van der Waals surface area contributed by atoms with Gasteiger partial charge in [-0.2, -0.15) is 0 Å². The van der Waals surface area contributed by atoms with Crippen LogP contribution in [0, 0.1) is 18.7 Å². The Balaban J connectivity index is 1.49. The van der Waals surface area contributed by atoms with Crippen LogP contribution in [0.2, 0.25) is 0 Å².